The van der Waals surface area contributed by atoms with Crippen LogP contribution in [-0.4, -0.2) is 44.0 Å². The predicted octanol–water partition coefficient (Wildman–Crippen LogP) is 7.98. The number of aliphatic carboxylic acids is 1. The van der Waals surface area contributed by atoms with E-state index in [0.717, 1.165) is 24.9 Å². The van der Waals surface area contributed by atoms with Gasteiger partial charge in [0.1, 0.15) is 5.75 Å². The second kappa shape index (κ2) is 15.3. The molecule has 1 heterocycles. The van der Waals surface area contributed by atoms with Crippen molar-refractivity contribution in [2.75, 3.05) is 23.5 Å². The SMILES string of the molecule is CCCCC1(CC)CN(c2ccccc2)c2cc(SC)c(OC(C(=O)NC(C(=O)O)c3ccccc3)c3ccccc3)cc2S(=O)(=O)C1. The van der Waals surface area contributed by atoms with Crippen molar-refractivity contribution in [1.29, 1.82) is 0 Å². The predicted molar refractivity (Wildman–Crippen MR) is 191 cm³/mol. The number of amides is 1. The monoisotopic (exact) mass is 686 g/mol. The lowest BCUT2D eigenvalue weighted by Crippen LogP contribution is -2.38. The fourth-order valence-corrected chi connectivity index (χ4v) is 9.01. The second-order valence-electron chi connectivity index (χ2n) is 12.2. The molecule has 0 spiro atoms. The molecule has 10 heteroatoms. The number of ether oxygens (including phenoxy) is 1. The zero-order valence-corrected chi connectivity index (χ0v) is 29.1. The molecule has 1 aliphatic heterocycles. The maximum atomic E-state index is 14.4. The van der Waals surface area contributed by atoms with E-state index in [2.05, 4.69) is 24.1 Å². The van der Waals surface area contributed by atoms with E-state index in [1.54, 1.807) is 60.7 Å². The summed E-state index contributed by atoms with van der Waals surface area (Å²) in [6, 6.07) is 29.1. The van der Waals surface area contributed by atoms with Crippen molar-refractivity contribution in [3.8, 4) is 5.75 Å². The van der Waals surface area contributed by atoms with Crippen molar-refractivity contribution in [2.45, 2.75) is 61.5 Å². The lowest BCUT2D eigenvalue weighted by Gasteiger charge is -2.36. The van der Waals surface area contributed by atoms with Gasteiger partial charge in [-0.1, -0.05) is 106 Å². The molecule has 0 bridgehead atoms. The summed E-state index contributed by atoms with van der Waals surface area (Å²) in [6.07, 6.45) is 3.96. The molecule has 3 unspecified atom stereocenters. The summed E-state index contributed by atoms with van der Waals surface area (Å²) in [4.78, 5) is 29.1. The molecule has 3 atom stereocenters. The normalized spacial score (nSPS) is 18.2. The molecule has 4 aromatic rings. The molecule has 4 aromatic carbocycles. The fraction of sp³-hybridized carbons (Fsp3) is 0.316. The summed E-state index contributed by atoms with van der Waals surface area (Å²) >= 11 is 1.38. The van der Waals surface area contributed by atoms with E-state index in [1.807, 2.05) is 48.7 Å². The van der Waals surface area contributed by atoms with Gasteiger partial charge in [-0.2, -0.15) is 0 Å². The number of thioether (sulfide) groups is 1. The molecular formula is C38H42N2O6S2. The minimum absolute atomic E-state index is 0.00907. The topological polar surface area (TPSA) is 113 Å². The molecule has 1 amide bonds. The Labute approximate surface area is 287 Å². The summed E-state index contributed by atoms with van der Waals surface area (Å²) < 4.78 is 35.3. The van der Waals surface area contributed by atoms with Gasteiger partial charge in [0.05, 0.1) is 21.2 Å². The van der Waals surface area contributed by atoms with Gasteiger partial charge >= 0.3 is 5.97 Å². The van der Waals surface area contributed by atoms with E-state index in [4.69, 9.17) is 4.74 Å². The minimum Gasteiger partial charge on any atom is -0.479 e. The molecule has 2 N–H and O–H groups in total. The van der Waals surface area contributed by atoms with Crippen LogP contribution in [0.3, 0.4) is 0 Å². The number of para-hydroxylation sites is 1. The number of nitrogens with zero attached hydrogens (tertiary/aromatic N) is 1. The molecule has 252 valence electrons. The largest absolute Gasteiger partial charge is 0.479 e. The number of carboxylic acid groups (broad SMARTS) is 1. The van der Waals surface area contributed by atoms with E-state index in [0.29, 0.717) is 34.7 Å². The third-order valence-electron chi connectivity index (χ3n) is 8.99. The van der Waals surface area contributed by atoms with E-state index >= 15 is 0 Å². The highest BCUT2D eigenvalue weighted by atomic mass is 32.2. The van der Waals surface area contributed by atoms with Gasteiger partial charge < -0.3 is 20.1 Å². The highest BCUT2D eigenvalue weighted by Crippen LogP contribution is 2.47. The number of anilines is 2. The van der Waals surface area contributed by atoms with Crippen molar-refractivity contribution >= 4 is 44.9 Å². The van der Waals surface area contributed by atoms with Crippen LogP contribution in [0.15, 0.2) is 113 Å². The number of carbonyl (C=O) groups is 2. The summed E-state index contributed by atoms with van der Waals surface area (Å²) in [5.74, 6) is -1.67. The highest BCUT2D eigenvalue weighted by molar-refractivity contribution is 7.98. The third-order valence-corrected chi connectivity index (χ3v) is 11.7. The van der Waals surface area contributed by atoms with Crippen LogP contribution in [0, 0.1) is 5.41 Å². The Morgan fingerprint density at radius 1 is 0.938 bits per heavy atom. The molecule has 0 aliphatic carbocycles. The second-order valence-corrected chi connectivity index (χ2v) is 15.0. The first-order valence-corrected chi connectivity index (χ1v) is 19.1. The average molecular weight is 687 g/mol. The molecule has 8 nitrogen and oxygen atoms in total. The van der Waals surface area contributed by atoms with Gasteiger partial charge in [-0.3, -0.25) is 4.79 Å². The van der Waals surface area contributed by atoms with Gasteiger partial charge in [-0.05, 0) is 42.9 Å². The van der Waals surface area contributed by atoms with Crippen LogP contribution in [0.25, 0.3) is 0 Å². The van der Waals surface area contributed by atoms with E-state index in [-0.39, 0.29) is 16.4 Å². The Bertz CT molecular complexity index is 1820. The number of benzene rings is 4. The Hall–Kier alpha value is -4.28. The van der Waals surface area contributed by atoms with Crippen LogP contribution >= 0.6 is 11.8 Å². The maximum Gasteiger partial charge on any atom is 0.330 e. The van der Waals surface area contributed by atoms with Crippen molar-refractivity contribution in [3.63, 3.8) is 0 Å². The summed E-state index contributed by atoms with van der Waals surface area (Å²) in [5.41, 5.74) is 1.90. The number of carboxylic acids is 1. The lowest BCUT2D eigenvalue weighted by atomic mass is 9.81. The number of rotatable bonds is 13. The van der Waals surface area contributed by atoms with E-state index < -0.39 is 39.3 Å². The smallest absolute Gasteiger partial charge is 0.330 e. The number of hydrogen-bond donors (Lipinski definition) is 2. The van der Waals surface area contributed by atoms with E-state index in [9.17, 15) is 23.1 Å². The quantitative estimate of drug-likeness (QED) is 0.136. The average Bonchev–Trinajstić information content (AvgIpc) is 3.20. The third kappa shape index (κ3) is 7.71. The molecule has 0 radical (unpaired) electrons. The van der Waals surface area contributed by atoms with Crippen LogP contribution in [0.2, 0.25) is 0 Å². The van der Waals surface area contributed by atoms with E-state index in [1.165, 1.54) is 11.8 Å². The number of unbranched alkanes of at least 4 members (excludes halogenated alkanes) is 1. The Balaban J connectivity index is 1.62. The van der Waals surface area contributed by atoms with Gasteiger partial charge in [0, 0.05) is 29.3 Å². The van der Waals surface area contributed by atoms with Crippen molar-refractivity contribution in [3.05, 3.63) is 114 Å². The van der Waals surface area contributed by atoms with Crippen molar-refractivity contribution in [1.82, 2.24) is 5.32 Å². The van der Waals surface area contributed by atoms with Gasteiger partial charge in [0.25, 0.3) is 5.91 Å². The molecule has 48 heavy (non-hydrogen) atoms. The Morgan fingerprint density at radius 3 is 2.10 bits per heavy atom. The van der Waals surface area contributed by atoms with Crippen LogP contribution in [0.4, 0.5) is 11.4 Å². The maximum absolute atomic E-state index is 14.4. The number of carbonyl (C=O) groups excluding carboxylic acids is 1. The van der Waals surface area contributed by atoms with Gasteiger partial charge in [0.15, 0.2) is 15.9 Å². The van der Waals surface area contributed by atoms with Gasteiger partial charge in [0.2, 0.25) is 6.10 Å². The molecule has 0 fully saturated rings. The van der Waals surface area contributed by atoms with Crippen LogP contribution in [0.1, 0.15) is 62.8 Å². The van der Waals surface area contributed by atoms with Crippen molar-refractivity contribution < 1.29 is 27.9 Å². The number of hydrogen-bond acceptors (Lipinski definition) is 7. The standard InChI is InChI=1S/C38H42N2O6S2/c1-4-6-22-38(5-2)25-40(29-20-14-9-15-21-29)30-23-32(47-3)31(24-33(30)48(44,45)26-38)46-35(28-18-12-8-13-19-28)36(41)39-34(37(42)43)27-16-10-7-11-17-27/h7-21,23-24,34-35H,4-6,22,25-26H2,1-3H3,(H,39,41)(H,42,43). The molecule has 5 rings (SSSR count). The first kappa shape index (κ1) is 35.0. The summed E-state index contributed by atoms with van der Waals surface area (Å²) in [5, 5.41) is 12.7. The first-order valence-electron chi connectivity index (χ1n) is 16.2. The number of nitrogens with one attached hydrogen (secondary N) is 1. The molecular weight excluding hydrogens is 645 g/mol. The first-order chi connectivity index (χ1) is 23.1. The Morgan fingerprint density at radius 2 is 1.54 bits per heavy atom. The zero-order chi connectivity index (χ0) is 34.3. The van der Waals surface area contributed by atoms with Gasteiger partial charge in [-0.25, -0.2) is 13.2 Å². The molecule has 0 aromatic heterocycles. The van der Waals surface area contributed by atoms with Gasteiger partial charge in [-0.15, -0.1) is 11.8 Å². The summed E-state index contributed by atoms with van der Waals surface area (Å²) in [6.45, 7) is 4.72. The fourth-order valence-electron chi connectivity index (χ4n) is 6.30. The Kier molecular flexibility index (Phi) is 11.2. The highest BCUT2D eigenvalue weighted by Gasteiger charge is 2.42. The molecule has 0 saturated heterocycles. The summed E-state index contributed by atoms with van der Waals surface area (Å²) in [7, 11) is -3.81. The van der Waals surface area contributed by atoms with Crippen LogP contribution in [0.5, 0.6) is 5.75 Å². The minimum atomic E-state index is -3.81. The lowest BCUT2D eigenvalue weighted by molar-refractivity contribution is -0.143. The number of sulfone groups is 1. The molecule has 1 aliphatic rings. The van der Waals surface area contributed by atoms with Crippen molar-refractivity contribution in [2.24, 2.45) is 5.41 Å². The zero-order valence-electron chi connectivity index (χ0n) is 27.5. The molecule has 0 saturated carbocycles. The van der Waals surface area contributed by atoms with Crippen LogP contribution in [-0.2, 0) is 19.4 Å². The van der Waals surface area contributed by atoms with Crippen LogP contribution < -0.4 is 15.0 Å². The number of fused-ring (bicyclic) bond motifs is 1.